The monoisotopic (exact) mass is 412 g/mol. The zero-order valence-corrected chi connectivity index (χ0v) is 17.7. The number of hydrogen-bond acceptors (Lipinski definition) is 3. The molecular weight excluding hydrogens is 388 g/mol. The van der Waals surface area contributed by atoms with Gasteiger partial charge in [0.1, 0.15) is 11.3 Å². The molecule has 156 valence electrons. The van der Waals surface area contributed by atoms with E-state index in [1.807, 2.05) is 59.3 Å². The van der Waals surface area contributed by atoms with Gasteiger partial charge in [-0.15, -0.1) is 0 Å². The minimum atomic E-state index is -0.166. The molecular formula is C26H24N2O3. The van der Waals surface area contributed by atoms with Crippen molar-refractivity contribution in [1.29, 1.82) is 0 Å². The second-order valence-corrected chi connectivity index (χ2v) is 8.10. The lowest BCUT2D eigenvalue weighted by Crippen LogP contribution is -2.23. The highest BCUT2D eigenvalue weighted by Crippen LogP contribution is 2.38. The molecule has 0 bridgehead atoms. The lowest BCUT2D eigenvalue weighted by atomic mass is 9.90. The van der Waals surface area contributed by atoms with E-state index in [2.05, 4.69) is 6.92 Å². The number of carbonyl (C=O) groups excluding carboxylic acids is 1. The van der Waals surface area contributed by atoms with E-state index in [1.54, 1.807) is 7.05 Å². The largest absolute Gasteiger partial charge is 0.493 e. The molecule has 0 fully saturated rings. The van der Waals surface area contributed by atoms with Crippen molar-refractivity contribution in [2.75, 3.05) is 6.61 Å². The van der Waals surface area contributed by atoms with Crippen molar-refractivity contribution >= 4 is 17.2 Å². The van der Waals surface area contributed by atoms with Gasteiger partial charge in [-0.25, -0.2) is 0 Å². The molecule has 5 nitrogen and oxygen atoms in total. The fourth-order valence-corrected chi connectivity index (χ4v) is 4.70. The van der Waals surface area contributed by atoms with Crippen LogP contribution >= 0.6 is 0 Å². The number of pyridine rings is 1. The number of aldehydes is 1. The Morgan fingerprint density at radius 3 is 2.68 bits per heavy atom. The second kappa shape index (κ2) is 7.58. The maximum atomic E-state index is 13.2. The van der Waals surface area contributed by atoms with E-state index in [1.165, 1.54) is 10.1 Å². The third-order valence-corrected chi connectivity index (χ3v) is 6.32. The zero-order valence-electron chi connectivity index (χ0n) is 17.7. The first-order chi connectivity index (χ1) is 15.1. The van der Waals surface area contributed by atoms with Gasteiger partial charge in [0.2, 0.25) is 0 Å². The molecule has 3 heterocycles. The number of rotatable bonds is 4. The summed E-state index contributed by atoms with van der Waals surface area (Å²) in [6, 6.07) is 16.0. The number of nitrogens with zero attached hydrogens (tertiary/aromatic N) is 2. The van der Waals surface area contributed by atoms with Crippen molar-refractivity contribution in [2.24, 2.45) is 7.05 Å². The number of hydrogen-bond donors (Lipinski definition) is 0. The normalized spacial score (nSPS) is 13.1. The summed E-state index contributed by atoms with van der Waals surface area (Å²) in [5.74, 6) is 0.919. The smallest absolute Gasteiger partial charge is 0.275 e. The number of fused-ring (bicyclic) bond motifs is 2. The lowest BCUT2D eigenvalue weighted by molar-refractivity contribution is 0.111. The molecule has 5 heteroatoms. The first-order valence-corrected chi connectivity index (χ1v) is 10.6. The first-order valence-electron chi connectivity index (χ1n) is 10.6. The van der Waals surface area contributed by atoms with Gasteiger partial charge in [-0.1, -0.05) is 36.4 Å². The summed E-state index contributed by atoms with van der Waals surface area (Å²) in [6.45, 7) is 3.41. The molecule has 1 aliphatic rings. The van der Waals surface area contributed by atoms with Crippen LogP contribution in [0.3, 0.4) is 0 Å². The number of carbonyl (C=O) groups is 1. The molecule has 4 aromatic rings. The summed E-state index contributed by atoms with van der Waals surface area (Å²) in [6.07, 6.45) is 4.66. The first kappa shape index (κ1) is 19.4. The van der Waals surface area contributed by atoms with Crippen molar-refractivity contribution in [1.82, 2.24) is 9.13 Å². The Morgan fingerprint density at radius 2 is 1.90 bits per heavy atom. The summed E-state index contributed by atoms with van der Waals surface area (Å²) in [5.41, 5.74) is 6.04. The Kier molecular flexibility index (Phi) is 4.74. The average molecular weight is 412 g/mol. The Balaban J connectivity index is 1.78. The molecule has 31 heavy (non-hydrogen) atoms. The Hall–Kier alpha value is -3.60. The van der Waals surface area contributed by atoms with Gasteiger partial charge in [-0.05, 0) is 54.2 Å². The highest BCUT2D eigenvalue weighted by Gasteiger charge is 2.23. The van der Waals surface area contributed by atoms with Gasteiger partial charge < -0.3 is 13.9 Å². The van der Waals surface area contributed by atoms with Crippen LogP contribution in [0.15, 0.2) is 59.5 Å². The predicted molar refractivity (Wildman–Crippen MR) is 122 cm³/mol. The Labute approximate surface area is 180 Å². The predicted octanol–water partition coefficient (Wildman–Crippen LogP) is 4.50. The highest BCUT2D eigenvalue weighted by molar-refractivity contribution is 6.03. The molecule has 0 aliphatic carbocycles. The molecule has 0 N–H and O–H groups in total. The molecule has 0 amide bonds. The second-order valence-electron chi connectivity index (χ2n) is 8.10. The van der Waals surface area contributed by atoms with Crippen LogP contribution in [0, 0.1) is 6.92 Å². The molecule has 1 aliphatic heterocycles. The van der Waals surface area contributed by atoms with Gasteiger partial charge in [-0.3, -0.25) is 9.59 Å². The van der Waals surface area contributed by atoms with Crippen LogP contribution in [0.1, 0.15) is 33.6 Å². The number of aromatic nitrogens is 2. The lowest BCUT2D eigenvalue weighted by Gasteiger charge is -2.22. The van der Waals surface area contributed by atoms with E-state index in [0.29, 0.717) is 17.8 Å². The van der Waals surface area contributed by atoms with Gasteiger partial charge >= 0.3 is 0 Å². The van der Waals surface area contributed by atoms with Crippen LogP contribution in [0.25, 0.3) is 22.0 Å². The van der Waals surface area contributed by atoms with Crippen LogP contribution in [-0.2, 0) is 20.0 Å². The average Bonchev–Trinajstić information content (AvgIpc) is 3.21. The van der Waals surface area contributed by atoms with E-state index in [4.69, 9.17) is 4.74 Å². The standard InChI is InChI=1S/C26H24N2O3/c1-17-19-9-6-14-31-23(19)11-10-20(17)24-21-12-13-28(15-18-7-4-3-5-8-18)25(21)26(30)27(2)22(24)16-29/h3-5,7-8,10-13,16H,6,9,14-15H2,1-2H3. The molecule has 5 rings (SSSR count). The fourth-order valence-electron chi connectivity index (χ4n) is 4.70. The van der Waals surface area contributed by atoms with E-state index >= 15 is 0 Å². The molecule has 2 aromatic carbocycles. The van der Waals surface area contributed by atoms with Gasteiger partial charge in [-0.2, -0.15) is 0 Å². The third kappa shape index (κ3) is 3.08. The summed E-state index contributed by atoms with van der Waals surface area (Å²) in [5, 5.41) is 0.806. The molecule has 0 atom stereocenters. The summed E-state index contributed by atoms with van der Waals surface area (Å²) in [7, 11) is 1.67. The maximum Gasteiger partial charge on any atom is 0.275 e. The fraction of sp³-hybridized carbons (Fsp3) is 0.231. The zero-order chi connectivity index (χ0) is 21.5. The van der Waals surface area contributed by atoms with Crippen molar-refractivity contribution in [3.63, 3.8) is 0 Å². The SMILES string of the molecule is Cc1c(-c2c(C=O)n(C)c(=O)c3c2ccn3Cc2ccccc2)ccc2c1CCCO2. The molecule has 0 spiro atoms. The van der Waals surface area contributed by atoms with E-state index < -0.39 is 0 Å². The van der Waals surface area contributed by atoms with Gasteiger partial charge in [0, 0.05) is 30.7 Å². The van der Waals surface area contributed by atoms with E-state index in [9.17, 15) is 9.59 Å². The van der Waals surface area contributed by atoms with E-state index in [0.717, 1.165) is 59.1 Å². The van der Waals surface area contributed by atoms with Crippen LogP contribution in [-0.4, -0.2) is 22.0 Å². The molecule has 0 radical (unpaired) electrons. The molecule has 0 saturated carbocycles. The van der Waals surface area contributed by atoms with Crippen molar-refractivity contribution in [3.8, 4) is 16.9 Å². The highest BCUT2D eigenvalue weighted by atomic mass is 16.5. The molecule has 0 unspecified atom stereocenters. The number of benzene rings is 2. The maximum absolute atomic E-state index is 13.2. The number of ether oxygens (including phenoxy) is 1. The van der Waals surface area contributed by atoms with Crippen molar-refractivity contribution < 1.29 is 9.53 Å². The third-order valence-electron chi connectivity index (χ3n) is 6.32. The minimum Gasteiger partial charge on any atom is -0.493 e. The summed E-state index contributed by atoms with van der Waals surface area (Å²) >= 11 is 0. The van der Waals surface area contributed by atoms with Crippen LogP contribution < -0.4 is 10.3 Å². The summed E-state index contributed by atoms with van der Waals surface area (Å²) < 4.78 is 9.27. The van der Waals surface area contributed by atoms with Crippen LogP contribution in [0.5, 0.6) is 5.75 Å². The van der Waals surface area contributed by atoms with Crippen LogP contribution in [0.4, 0.5) is 0 Å². The van der Waals surface area contributed by atoms with Gasteiger partial charge in [0.05, 0.1) is 12.3 Å². The van der Waals surface area contributed by atoms with Crippen molar-refractivity contribution in [3.05, 3.63) is 87.5 Å². The molecule has 2 aromatic heterocycles. The summed E-state index contributed by atoms with van der Waals surface area (Å²) in [4.78, 5) is 25.4. The van der Waals surface area contributed by atoms with E-state index in [-0.39, 0.29) is 5.56 Å². The van der Waals surface area contributed by atoms with Crippen molar-refractivity contribution in [2.45, 2.75) is 26.3 Å². The Morgan fingerprint density at radius 1 is 1.10 bits per heavy atom. The minimum absolute atomic E-state index is 0.166. The Bertz CT molecular complexity index is 1360. The molecule has 0 saturated heterocycles. The van der Waals surface area contributed by atoms with Gasteiger partial charge in [0.15, 0.2) is 6.29 Å². The van der Waals surface area contributed by atoms with Gasteiger partial charge in [0.25, 0.3) is 5.56 Å². The van der Waals surface area contributed by atoms with Crippen LogP contribution in [0.2, 0.25) is 0 Å². The quantitative estimate of drug-likeness (QED) is 0.464. The topological polar surface area (TPSA) is 53.2 Å².